The third-order valence-corrected chi connectivity index (χ3v) is 4.39. The van der Waals surface area contributed by atoms with Crippen LogP contribution in [0, 0.1) is 0 Å². The molecule has 3 heterocycles. The molecular weight excluding hydrogens is 302 g/mol. The van der Waals surface area contributed by atoms with Crippen molar-refractivity contribution in [2.45, 2.75) is 32.4 Å². The first-order valence-corrected chi connectivity index (χ1v) is 8.23. The van der Waals surface area contributed by atoms with E-state index in [1.807, 2.05) is 45.8 Å². The average molecular weight is 321 g/mol. The topological polar surface area (TPSA) is 64.7 Å². The Balaban J connectivity index is 1.49. The molecule has 4 rings (SSSR count). The Hall–Kier alpha value is -2.89. The summed E-state index contributed by atoms with van der Waals surface area (Å²) in [4.78, 5) is 16.9. The summed E-state index contributed by atoms with van der Waals surface area (Å²) >= 11 is 0. The highest BCUT2D eigenvalue weighted by Gasteiger charge is 2.20. The van der Waals surface area contributed by atoms with Gasteiger partial charge in [0.15, 0.2) is 0 Å². The number of hydrogen-bond acceptors (Lipinski definition) is 3. The van der Waals surface area contributed by atoms with Crippen LogP contribution in [0.5, 0.6) is 0 Å². The largest absolute Gasteiger partial charge is 0.345 e. The second kappa shape index (κ2) is 6.31. The lowest BCUT2D eigenvalue weighted by molar-refractivity contribution is 0.0948. The minimum atomic E-state index is -0.0826. The molecule has 0 radical (unpaired) electrons. The van der Waals surface area contributed by atoms with Gasteiger partial charge in [0.25, 0.3) is 5.91 Å². The number of nitrogens with one attached hydrogen (secondary N) is 1. The number of fused-ring (bicyclic) bond motifs is 1. The fourth-order valence-corrected chi connectivity index (χ4v) is 3.15. The van der Waals surface area contributed by atoms with E-state index < -0.39 is 0 Å². The van der Waals surface area contributed by atoms with Gasteiger partial charge in [0, 0.05) is 24.6 Å². The van der Waals surface area contributed by atoms with E-state index in [0.717, 1.165) is 43.0 Å². The van der Waals surface area contributed by atoms with E-state index in [1.54, 1.807) is 12.4 Å². The van der Waals surface area contributed by atoms with Gasteiger partial charge >= 0.3 is 0 Å². The number of aryl methyl sites for hydroxylation is 1. The Morgan fingerprint density at radius 1 is 1.21 bits per heavy atom. The molecule has 0 unspecified atom stereocenters. The second-order valence-electron chi connectivity index (χ2n) is 5.92. The molecule has 0 bridgehead atoms. The van der Waals surface area contributed by atoms with Crippen LogP contribution in [0.25, 0.3) is 5.69 Å². The molecule has 1 aliphatic rings. The monoisotopic (exact) mass is 321 g/mol. The number of imidazole rings is 1. The molecule has 0 aliphatic carbocycles. The molecule has 1 amide bonds. The molecule has 122 valence electrons. The predicted octanol–water partition coefficient (Wildman–Crippen LogP) is 2.34. The average Bonchev–Trinajstić information content (AvgIpc) is 3.27. The van der Waals surface area contributed by atoms with Gasteiger partial charge in [-0.3, -0.25) is 9.48 Å². The van der Waals surface area contributed by atoms with Crippen molar-refractivity contribution in [3.05, 3.63) is 66.0 Å². The Bertz CT molecular complexity index is 849. The van der Waals surface area contributed by atoms with E-state index in [-0.39, 0.29) is 5.91 Å². The number of rotatable bonds is 4. The quantitative estimate of drug-likeness (QED) is 0.802. The van der Waals surface area contributed by atoms with Crippen LogP contribution in [-0.2, 0) is 19.5 Å². The molecule has 0 fully saturated rings. The van der Waals surface area contributed by atoms with Crippen LogP contribution < -0.4 is 5.32 Å². The molecule has 2 aromatic heterocycles. The smallest absolute Gasteiger partial charge is 0.255 e. The maximum Gasteiger partial charge on any atom is 0.255 e. The molecule has 6 nitrogen and oxygen atoms in total. The summed E-state index contributed by atoms with van der Waals surface area (Å²) in [5, 5.41) is 7.30. The van der Waals surface area contributed by atoms with Crippen LogP contribution in [0.2, 0.25) is 0 Å². The van der Waals surface area contributed by atoms with Crippen LogP contribution in [-0.4, -0.2) is 25.2 Å². The Morgan fingerprint density at radius 2 is 2.08 bits per heavy atom. The highest BCUT2D eigenvalue weighted by Crippen LogP contribution is 2.18. The molecule has 3 aromatic rings. The van der Waals surface area contributed by atoms with E-state index in [9.17, 15) is 4.79 Å². The minimum absolute atomic E-state index is 0.0826. The normalized spacial score (nSPS) is 13.5. The summed E-state index contributed by atoms with van der Waals surface area (Å²) in [6.07, 6.45) is 8.49. The summed E-state index contributed by atoms with van der Waals surface area (Å²) in [6, 6.07) is 9.97. The van der Waals surface area contributed by atoms with Crippen molar-refractivity contribution in [2.24, 2.45) is 0 Å². The highest BCUT2D eigenvalue weighted by molar-refractivity contribution is 5.95. The molecule has 1 aliphatic heterocycles. The van der Waals surface area contributed by atoms with Gasteiger partial charge in [0.1, 0.15) is 5.82 Å². The third-order valence-electron chi connectivity index (χ3n) is 4.39. The van der Waals surface area contributed by atoms with E-state index >= 15 is 0 Å². The Labute approximate surface area is 140 Å². The van der Waals surface area contributed by atoms with Crippen LogP contribution >= 0.6 is 0 Å². The molecule has 24 heavy (non-hydrogen) atoms. The number of hydrogen-bond donors (Lipinski definition) is 1. The maximum atomic E-state index is 12.5. The number of amides is 1. The lowest BCUT2D eigenvalue weighted by Gasteiger charge is -2.14. The first kappa shape index (κ1) is 14.7. The summed E-state index contributed by atoms with van der Waals surface area (Å²) in [6.45, 7) is 1.28. The van der Waals surface area contributed by atoms with E-state index in [4.69, 9.17) is 0 Å². The van der Waals surface area contributed by atoms with E-state index in [1.165, 1.54) is 0 Å². The first-order chi connectivity index (χ1) is 11.8. The number of benzene rings is 1. The van der Waals surface area contributed by atoms with Crippen molar-refractivity contribution in [3.63, 3.8) is 0 Å². The zero-order valence-corrected chi connectivity index (χ0v) is 13.4. The maximum absolute atomic E-state index is 12.5. The summed E-state index contributed by atoms with van der Waals surface area (Å²) in [5.74, 6) is 0.719. The Kier molecular flexibility index (Phi) is 3.86. The fourth-order valence-electron chi connectivity index (χ4n) is 3.15. The lowest BCUT2D eigenvalue weighted by atomic mass is 10.1. The van der Waals surface area contributed by atoms with Gasteiger partial charge in [0.2, 0.25) is 0 Å². The molecule has 6 heteroatoms. The summed E-state index contributed by atoms with van der Waals surface area (Å²) in [7, 11) is 0. The van der Waals surface area contributed by atoms with E-state index in [0.29, 0.717) is 12.1 Å². The summed E-state index contributed by atoms with van der Waals surface area (Å²) in [5.41, 5.74) is 2.76. The van der Waals surface area contributed by atoms with E-state index in [2.05, 4.69) is 15.4 Å². The van der Waals surface area contributed by atoms with Crippen molar-refractivity contribution in [2.75, 3.05) is 0 Å². The molecule has 0 saturated carbocycles. The third kappa shape index (κ3) is 2.71. The van der Waals surface area contributed by atoms with Gasteiger partial charge < -0.3 is 9.88 Å². The zero-order valence-electron chi connectivity index (χ0n) is 13.4. The van der Waals surface area contributed by atoms with Crippen LogP contribution in [0.3, 0.4) is 0 Å². The van der Waals surface area contributed by atoms with Crippen molar-refractivity contribution in [3.8, 4) is 5.69 Å². The van der Waals surface area contributed by atoms with Crippen molar-refractivity contribution in [1.82, 2.24) is 24.6 Å². The van der Waals surface area contributed by atoms with Crippen LogP contribution in [0.1, 0.15) is 34.7 Å². The van der Waals surface area contributed by atoms with Gasteiger partial charge in [-0.15, -0.1) is 0 Å². The van der Waals surface area contributed by atoms with Crippen molar-refractivity contribution in [1.29, 1.82) is 0 Å². The minimum Gasteiger partial charge on any atom is -0.345 e. The van der Waals surface area contributed by atoms with Crippen LogP contribution in [0.4, 0.5) is 0 Å². The Morgan fingerprint density at radius 3 is 2.96 bits per heavy atom. The fraction of sp³-hybridized carbons (Fsp3) is 0.278. The molecule has 0 atom stereocenters. The van der Waals surface area contributed by atoms with Gasteiger partial charge in [-0.2, -0.15) is 5.10 Å². The zero-order chi connectivity index (χ0) is 16.4. The van der Waals surface area contributed by atoms with Crippen molar-refractivity contribution < 1.29 is 4.79 Å². The number of carbonyl (C=O) groups is 1. The predicted molar refractivity (Wildman–Crippen MR) is 89.9 cm³/mol. The van der Waals surface area contributed by atoms with Gasteiger partial charge in [-0.1, -0.05) is 18.2 Å². The lowest BCUT2D eigenvalue weighted by Crippen LogP contribution is -2.26. The summed E-state index contributed by atoms with van der Waals surface area (Å²) < 4.78 is 3.93. The first-order valence-electron chi connectivity index (χ1n) is 8.23. The molecule has 1 aromatic carbocycles. The van der Waals surface area contributed by atoms with Gasteiger partial charge in [-0.25, -0.2) is 4.98 Å². The second-order valence-corrected chi connectivity index (χ2v) is 5.92. The SMILES string of the molecule is O=C(NCc1nccn1-c1ccccc1)c1cnn2c1CCCC2. The number of aromatic nitrogens is 4. The van der Waals surface area contributed by atoms with Gasteiger partial charge in [0.05, 0.1) is 24.0 Å². The van der Waals surface area contributed by atoms with Gasteiger partial charge in [-0.05, 0) is 31.4 Å². The van der Waals surface area contributed by atoms with Crippen LogP contribution in [0.15, 0.2) is 48.9 Å². The highest BCUT2D eigenvalue weighted by atomic mass is 16.1. The molecule has 0 saturated heterocycles. The number of carbonyl (C=O) groups excluding carboxylic acids is 1. The standard InChI is InChI=1S/C18H19N5O/c24-18(15-12-21-23-10-5-4-8-16(15)23)20-13-17-19-9-11-22(17)14-6-2-1-3-7-14/h1-3,6-7,9,11-12H,4-5,8,10,13H2,(H,20,24). The van der Waals surface area contributed by atoms with Crippen molar-refractivity contribution >= 4 is 5.91 Å². The molecule has 1 N–H and O–H groups in total. The molecule has 0 spiro atoms. The number of para-hydroxylation sites is 1. The molecular formula is C18H19N5O. The number of nitrogens with zero attached hydrogens (tertiary/aromatic N) is 4.